The van der Waals surface area contributed by atoms with Crippen LogP contribution < -0.4 is 10.1 Å². The van der Waals surface area contributed by atoms with Gasteiger partial charge >= 0.3 is 5.97 Å². The fourth-order valence-corrected chi connectivity index (χ4v) is 3.43. The summed E-state index contributed by atoms with van der Waals surface area (Å²) in [6, 6.07) is 17.5. The van der Waals surface area contributed by atoms with Gasteiger partial charge in [-0.05, 0) is 73.0 Å². The number of hydrogen-bond donors (Lipinski definition) is 2. The van der Waals surface area contributed by atoms with Crippen LogP contribution in [0.3, 0.4) is 0 Å². The van der Waals surface area contributed by atoms with Gasteiger partial charge in [-0.1, -0.05) is 23.4 Å². The molecular weight excluding hydrogens is 451 g/mol. The standard InChI is InChI=1S/C26H23FN4O4/c1-16-10-21(7-9-24(16)34-13-18-4-3-5-20(27)11-18)30-26-22-12-19(6-8-23(22)28-15-29-26)17(2)31-35-14-25(32)33/h3-12,15H,13-14H2,1-2H3,(H,32,33)(H,28,29,30)/b31-17+. The molecule has 0 amide bonds. The number of benzene rings is 3. The van der Waals surface area contributed by atoms with E-state index in [1.165, 1.54) is 18.5 Å². The van der Waals surface area contributed by atoms with Gasteiger partial charge in [0.15, 0.2) is 0 Å². The lowest BCUT2D eigenvalue weighted by Gasteiger charge is -2.13. The molecule has 2 N–H and O–H groups in total. The minimum atomic E-state index is -1.10. The van der Waals surface area contributed by atoms with Crippen LogP contribution in [0.1, 0.15) is 23.6 Å². The lowest BCUT2D eigenvalue weighted by Crippen LogP contribution is -2.05. The number of halogens is 1. The van der Waals surface area contributed by atoms with Gasteiger partial charge in [0.05, 0.1) is 11.2 Å². The molecule has 0 unspecified atom stereocenters. The van der Waals surface area contributed by atoms with Gasteiger partial charge in [-0.2, -0.15) is 0 Å². The maximum absolute atomic E-state index is 13.4. The van der Waals surface area contributed by atoms with E-state index < -0.39 is 12.6 Å². The molecule has 0 aliphatic carbocycles. The highest BCUT2D eigenvalue weighted by Gasteiger charge is 2.09. The highest BCUT2D eigenvalue weighted by molar-refractivity contribution is 6.03. The third-order valence-corrected chi connectivity index (χ3v) is 5.16. The molecule has 0 spiro atoms. The van der Waals surface area contributed by atoms with Crippen molar-refractivity contribution in [2.45, 2.75) is 20.5 Å². The fraction of sp³-hybridized carbons (Fsp3) is 0.154. The Morgan fingerprint density at radius 2 is 1.97 bits per heavy atom. The Labute approximate surface area is 201 Å². The number of fused-ring (bicyclic) bond motifs is 1. The summed E-state index contributed by atoms with van der Waals surface area (Å²) in [6.07, 6.45) is 1.48. The number of aryl methyl sites for hydroxylation is 1. The maximum Gasteiger partial charge on any atom is 0.344 e. The number of carbonyl (C=O) groups is 1. The number of oxime groups is 1. The number of carboxylic acid groups (broad SMARTS) is 1. The molecule has 8 nitrogen and oxygen atoms in total. The van der Waals surface area contributed by atoms with Crippen LogP contribution in [0.5, 0.6) is 5.75 Å². The number of hydrogen-bond acceptors (Lipinski definition) is 7. The predicted molar refractivity (Wildman–Crippen MR) is 131 cm³/mol. The van der Waals surface area contributed by atoms with Crippen LogP contribution in [0.15, 0.2) is 72.1 Å². The van der Waals surface area contributed by atoms with Crippen molar-refractivity contribution in [2.24, 2.45) is 5.16 Å². The van der Waals surface area contributed by atoms with Crippen molar-refractivity contribution < 1.29 is 23.9 Å². The Kier molecular flexibility index (Phi) is 7.15. The Hall–Kier alpha value is -4.53. The molecular formula is C26H23FN4O4. The Bertz CT molecular complexity index is 1410. The van der Waals surface area contributed by atoms with Gasteiger partial charge in [0, 0.05) is 11.1 Å². The Morgan fingerprint density at radius 3 is 2.74 bits per heavy atom. The first-order valence-corrected chi connectivity index (χ1v) is 10.8. The molecule has 4 aromatic rings. The van der Waals surface area contributed by atoms with E-state index in [-0.39, 0.29) is 12.4 Å². The molecule has 0 aliphatic rings. The van der Waals surface area contributed by atoms with E-state index >= 15 is 0 Å². The zero-order chi connectivity index (χ0) is 24.8. The van der Waals surface area contributed by atoms with E-state index in [0.29, 0.717) is 17.3 Å². The molecule has 0 aliphatic heterocycles. The van der Waals surface area contributed by atoms with Crippen LogP contribution in [0.2, 0.25) is 0 Å². The lowest BCUT2D eigenvalue weighted by atomic mass is 10.1. The number of ether oxygens (including phenoxy) is 1. The highest BCUT2D eigenvalue weighted by atomic mass is 19.1. The quantitative estimate of drug-likeness (QED) is 0.253. The SMILES string of the molecule is C/C(=N\OCC(=O)O)c1ccc2ncnc(Nc3ccc(OCc4cccc(F)c4)c(C)c3)c2c1. The van der Waals surface area contributed by atoms with Gasteiger partial charge in [-0.3, -0.25) is 0 Å². The molecule has 9 heteroatoms. The number of aromatic nitrogens is 2. The lowest BCUT2D eigenvalue weighted by molar-refractivity contribution is -0.142. The molecule has 0 radical (unpaired) electrons. The molecule has 0 fully saturated rings. The van der Waals surface area contributed by atoms with Crippen molar-refractivity contribution in [1.82, 2.24) is 9.97 Å². The van der Waals surface area contributed by atoms with Gasteiger partial charge < -0.3 is 20.0 Å². The molecule has 0 atom stereocenters. The number of nitrogens with one attached hydrogen (secondary N) is 1. The van der Waals surface area contributed by atoms with Crippen molar-refractivity contribution in [3.63, 3.8) is 0 Å². The van der Waals surface area contributed by atoms with Crippen molar-refractivity contribution >= 4 is 34.1 Å². The van der Waals surface area contributed by atoms with Gasteiger partial charge in [-0.15, -0.1) is 0 Å². The normalized spacial score (nSPS) is 11.3. The van der Waals surface area contributed by atoms with Crippen LogP contribution in [-0.2, 0) is 16.2 Å². The van der Waals surface area contributed by atoms with E-state index in [4.69, 9.17) is 14.7 Å². The van der Waals surface area contributed by atoms with Gasteiger partial charge in [0.25, 0.3) is 0 Å². The first kappa shape index (κ1) is 23.6. The Balaban J connectivity index is 1.52. The van der Waals surface area contributed by atoms with E-state index in [2.05, 4.69) is 20.4 Å². The monoisotopic (exact) mass is 474 g/mol. The second-order valence-electron chi connectivity index (χ2n) is 7.82. The van der Waals surface area contributed by atoms with Crippen LogP contribution in [0.4, 0.5) is 15.9 Å². The summed E-state index contributed by atoms with van der Waals surface area (Å²) in [5.41, 5.74) is 4.47. The molecule has 1 heterocycles. The molecule has 3 aromatic carbocycles. The van der Waals surface area contributed by atoms with E-state index in [9.17, 15) is 9.18 Å². The molecule has 35 heavy (non-hydrogen) atoms. The second kappa shape index (κ2) is 10.6. The largest absolute Gasteiger partial charge is 0.489 e. The summed E-state index contributed by atoms with van der Waals surface area (Å²) in [5.74, 6) is -0.0933. The topological polar surface area (TPSA) is 106 Å². The molecule has 178 valence electrons. The van der Waals surface area contributed by atoms with Crippen LogP contribution in [0, 0.1) is 12.7 Å². The number of anilines is 2. The summed E-state index contributed by atoms with van der Waals surface area (Å²) >= 11 is 0. The smallest absolute Gasteiger partial charge is 0.344 e. The number of carboxylic acids is 1. The summed E-state index contributed by atoms with van der Waals surface area (Å²) in [6.45, 7) is 3.41. The maximum atomic E-state index is 13.4. The van der Waals surface area contributed by atoms with E-state index in [1.807, 2.05) is 49.4 Å². The summed E-state index contributed by atoms with van der Waals surface area (Å²) in [5, 5.41) is 16.6. The zero-order valence-corrected chi connectivity index (χ0v) is 19.2. The molecule has 0 saturated carbocycles. The van der Waals surface area contributed by atoms with Crippen LogP contribution in [0.25, 0.3) is 10.9 Å². The van der Waals surface area contributed by atoms with Crippen molar-refractivity contribution in [3.05, 3.63) is 89.5 Å². The molecule has 0 saturated heterocycles. The van der Waals surface area contributed by atoms with E-state index in [1.54, 1.807) is 13.0 Å². The minimum Gasteiger partial charge on any atom is -0.489 e. The van der Waals surface area contributed by atoms with Crippen LogP contribution in [-0.4, -0.2) is 33.4 Å². The van der Waals surface area contributed by atoms with E-state index in [0.717, 1.165) is 33.3 Å². The highest BCUT2D eigenvalue weighted by Crippen LogP contribution is 2.28. The third kappa shape index (κ3) is 6.08. The number of nitrogens with zero attached hydrogens (tertiary/aromatic N) is 3. The fourth-order valence-electron chi connectivity index (χ4n) is 3.43. The summed E-state index contributed by atoms with van der Waals surface area (Å²) in [7, 11) is 0. The third-order valence-electron chi connectivity index (χ3n) is 5.16. The molecule has 1 aromatic heterocycles. The average Bonchev–Trinajstić information content (AvgIpc) is 2.83. The molecule has 4 rings (SSSR count). The Morgan fingerprint density at radius 1 is 1.11 bits per heavy atom. The van der Waals surface area contributed by atoms with Gasteiger partial charge in [0.1, 0.15) is 30.3 Å². The summed E-state index contributed by atoms with van der Waals surface area (Å²) in [4.78, 5) is 24.2. The second-order valence-corrected chi connectivity index (χ2v) is 7.82. The van der Waals surface area contributed by atoms with Crippen LogP contribution >= 0.6 is 0 Å². The number of aliphatic carboxylic acids is 1. The first-order valence-electron chi connectivity index (χ1n) is 10.8. The zero-order valence-electron chi connectivity index (χ0n) is 19.2. The van der Waals surface area contributed by atoms with Crippen molar-refractivity contribution in [3.8, 4) is 5.75 Å². The average molecular weight is 474 g/mol. The predicted octanol–water partition coefficient (Wildman–Crippen LogP) is 5.23. The van der Waals surface area contributed by atoms with Gasteiger partial charge in [0.2, 0.25) is 6.61 Å². The van der Waals surface area contributed by atoms with Crippen molar-refractivity contribution in [1.29, 1.82) is 0 Å². The van der Waals surface area contributed by atoms with Gasteiger partial charge in [-0.25, -0.2) is 19.2 Å². The summed E-state index contributed by atoms with van der Waals surface area (Å²) < 4.78 is 19.2. The minimum absolute atomic E-state index is 0.266. The molecule has 0 bridgehead atoms. The van der Waals surface area contributed by atoms with Crippen molar-refractivity contribution in [2.75, 3.05) is 11.9 Å². The first-order chi connectivity index (χ1) is 16.9. The number of rotatable bonds is 9.